The van der Waals surface area contributed by atoms with Gasteiger partial charge in [-0.05, 0) is 55.7 Å². The van der Waals surface area contributed by atoms with Gasteiger partial charge in [0.25, 0.3) is 0 Å². The first-order valence-electron chi connectivity index (χ1n) is 10.4. The molecule has 0 heterocycles. The summed E-state index contributed by atoms with van der Waals surface area (Å²) in [4.78, 5) is 27.4. The molecule has 0 bridgehead atoms. The Balaban J connectivity index is 2.37. The molecule has 1 atom stereocenters. The van der Waals surface area contributed by atoms with Gasteiger partial charge in [-0.1, -0.05) is 42.8 Å². The van der Waals surface area contributed by atoms with E-state index in [4.69, 9.17) is 11.6 Å². The second-order valence-electron chi connectivity index (χ2n) is 7.73. The maximum atomic E-state index is 13.4. The lowest BCUT2D eigenvalue weighted by Crippen LogP contribution is -2.51. The summed E-state index contributed by atoms with van der Waals surface area (Å²) in [6.07, 6.45) is 1.82. The molecule has 2 amide bonds. The molecule has 32 heavy (non-hydrogen) atoms. The molecule has 174 valence electrons. The van der Waals surface area contributed by atoms with Crippen LogP contribution >= 0.6 is 11.6 Å². The molecule has 0 radical (unpaired) electrons. The average molecular weight is 480 g/mol. The van der Waals surface area contributed by atoms with Gasteiger partial charge in [0, 0.05) is 18.1 Å². The third-order valence-electron chi connectivity index (χ3n) is 4.93. The first-order chi connectivity index (χ1) is 15.0. The fourth-order valence-corrected chi connectivity index (χ4v) is 4.26. The van der Waals surface area contributed by atoms with Crippen LogP contribution in [0.4, 0.5) is 5.69 Å². The standard InChI is InChI=1S/C23H30ClN3O4S/c1-5-12-25-23(29)18(3)26(15-19-9-7-10-20(24)14-19)22(28)16-27(32(4,30)31)21-11-6-8-17(2)13-21/h6-11,13-14,18H,5,12,15-16H2,1-4H3,(H,25,29). The number of rotatable bonds is 10. The minimum Gasteiger partial charge on any atom is -0.354 e. The number of anilines is 1. The van der Waals surface area contributed by atoms with E-state index in [-0.39, 0.29) is 12.5 Å². The predicted molar refractivity (Wildman–Crippen MR) is 128 cm³/mol. The number of benzene rings is 2. The number of nitrogens with zero attached hydrogens (tertiary/aromatic N) is 2. The van der Waals surface area contributed by atoms with Crippen molar-refractivity contribution in [2.45, 2.75) is 39.8 Å². The Morgan fingerprint density at radius 1 is 1.12 bits per heavy atom. The quantitative estimate of drug-likeness (QED) is 0.566. The minimum absolute atomic E-state index is 0.117. The number of amides is 2. The number of hydrogen-bond acceptors (Lipinski definition) is 4. The van der Waals surface area contributed by atoms with E-state index in [1.807, 2.05) is 19.9 Å². The summed E-state index contributed by atoms with van der Waals surface area (Å²) in [7, 11) is -3.74. The molecule has 0 spiro atoms. The number of halogens is 1. The van der Waals surface area contributed by atoms with Crippen LogP contribution in [-0.2, 0) is 26.2 Å². The smallest absolute Gasteiger partial charge is 0.244 e. The van der Waals surface area contributed by atoms with E-state index in [9.17, 15) is 18.0 Å². The van der Waals surface area contributed by atoms with Crippen molar-refractivity contribution in [3.63, 3.8) is 0 Å². The van der Waals surface area contributed by atoms with Gasteiger partial charge in [-0.3, -0.25) is 13.9 Å². The first kappa shape index (κ1) is 25.7. The van der Waals surface area contributed by atoms with Crippen LogP contribution in [0.5, 0.6) is 0 Å². The van der Waals surface area contributed by atoms with Gasteiger partial charge in [-0.15, -0.1) is 0 Å². The van der Waals surface area contributed by atoms with Crippen molar-refractivity contribution >= 4 is 39.1 Å². The number of sulfonamides is 1. The molecule has 0 aliphatic rings. The van der Waals surface area contributed by atoms with E-state index in [0.29, 0.717) is 17.3 Å². The summed E-state index contributed by atoms with van der Waals surface area (Å²) in [6, 6.07) is 13.1. The third-order valence-corrected chi connectivity index (χ3v) is 6.30. The maximum absolute atomic E-state index is 13.4. The molecule has 1 unspecified atom stereocenters. The van der Waals surface area contributed by atoms with Gasteiger partial charge in [0.15, 0.2) is 0 Å². The highest BCUT2D eigenvalue weighted by atomic mass is 35.5. The van der Waals surface area contributed by atoms with Crippen molar-refractivity contribution in [3.05, 3.63) is 64.7 Å². The zero-order valence-corrected chi connectivity index (χ0v) is 20.4. The Hall–Kier alpha value is -2.58. The monoisotopic (exact) mass is 479 g/mol. The summed E-state index contributed by atoms with van der Waals surface area (Å²) in [6.45, 7) is 5.59. The lowest BCUT2D eigenvalue weighted by atomic mass is 10.1. The van der Waals surface area contributed by atoms with Crippen LogP contribution in [0.2, 0.25) is 5.02 Å². The van der Waals surface area contributed by atoms with Gasteiger partial charge in [-0.2, -0.15) is 0 Å². The molecular formula is C23H30ClN3O4S. The van der Waals surface area contributed by atoms with Crippen molar-refractivity contribution < 1.29 is 18.0 Å². The van der Waals surface area contributed by atoms with Gasteiger partial charge < -0.3 is 10.2 Å². The molecule has 0 saturated heterocycles. The SMILES string of the molecule is CCCNC(=O)C(C)N(Cc1cccc(Cl)c1)C(=O)CN(c1cccc(C)c1)S(C)(=O)=O. The van der Waals surface area contributed by atoms with Crippen molar-refractivity contribution in [1.29, 1.82) is 0 Å². The molecule has 2 rings (SSSR count). The Bertz CT molecular complexity index is 1060. The fraction of sp³-hybridized carbons (Fsp3) is 0.391. The van der Waals surface area contributed by atoms with E-state index >= 15 is 0 Å². The van der Waals surface area contributed by atoms with Crippen LogP contribution in [0.3, 0.4) is 0 Å². The molecule has 0 aliphatic heterocycles. The highest BCUT2D eigenvalue weighted by Gasteiger charge is 2.30. The molecule has 7 nitrogen and oxygen atoms in total. The average Bonchev–Trinajstić information content (AvgIpc) is 2.72. The minimum atomic E-state index is -3.74. The predicted octanol–water partition coefficient (Wildman–Crippen LogP) is 3.36. The van der Waals surface area contributed by atoms with Gasteiger partial charge in [0.2, 0.25) is 21.8 Å². The largest absolute Gasteiger partial charge is 0.354 e. The summed E-state index contributed by atoms with van der Waals surface area (Å²) in [5.41, 5.74) is 2.00. The van der Waals surface area contributed by atoms with Crippen LogP contribution in [0, 0.1) is 6.92 Å². The van der Waals surface area contributed by atoms with Crippen molar-refractivity contribution in [1.82, 2.24) is 10.2 Å². The lowest BCUT2D eigenvalue weighted by molar-refractivity contribution is -0.139. The van der Waals surface area contributed by atoms with Crippen LogP contribution in [0.15, 0.2) is 48.5 Å². The van der Waals surface area contributed by atoms with Crippen molar-refractivity contribution in [3.8, 4) is 0 Å². The molecule has 0 saturated carbocycles. The molecule has 0 fully saturated rings. The molecule has 2 aromatic carbocycles. The number of carbonyl (C=O) groups is 2. The van der Waals surface area contributed by atoms with Crippen molar-refractivity contribution in [2.75, 3.05) is 23.7 Å². The molecular weight excluding hydrogens is 450 g/mol. The highest BCUT2D eigenvalue weighted by Crippen LogP contribution is 2.20. The second-order valence-corrected chi connectivity index (χ2v) is 10.1. The molecule has 0 aliphatic carbocycles. The first-order valence-corrected chi connectivity index (χ1v) is 12.6. The number of hydrogen-bond donors (Lipinski definition) is 1. The zero-order valence-electron chi connectivity index (χ0n) is 18.8. The van der Waals surface area contributed by atoms with E-state index < -0.39 is 28.5 Å². The Morgan fingerprint density at radius 3 is 2.41 bits per heavy atom. The highest BCUT2D eigenvalue weighted by molar-refractivity contribution is 7.92. The number of aryl methyl sites for hydroxylation is 1. The normalized spacial score (nSPS) is 12.2. The van der Waals surface area contributed by atoms with E-state index in [0.717, 1.165) is 28.1 Å². The molecule has 9 heteroatoms. The second kappa shape index (κ2) is 11.3. The molecule has 0 aromatic heterocycles. The van der Waals surface area contributed by atoms with Gasteiger partial charge in [0.05, 0.1) is 11.9 Å². The fourth-order valence-electron chi connectivity index (χ4n) is 3.21. The number of carbonyl (C=O) groups excluding carboxylic acids is 2. The Morgan fingerprint density at radius 2 is 1.81 bits per heavy atom. The van der Waals surface area contributed by atoms with Gasteiger partial charge >= 0.3 is 0 Å². The van der Waals surface area contributed by atoms with E-state index in [1.54, 1.807) is 49.4 Å². The molecule has 2 aromatic rings. The van der Waals surface area contributed by atoms with E-state index in [2.05, 4.69) is 5.32 Å². The Kier molecular flexibility index (Phi) is 9.09. The third kappa shape index (κ3) is 7.24. The van der Waals surface area contributed by atoms with E-state index in [1.165, 1.54) is 4.90 Å². The van der Waals surface area contributed by atoms with Gasteiger partial charge in [-0.25, -0.2) is 8.42 Å². The zero-order chi connectivity index (χ0) is 23.9. The van der Waals surface area contributed by atoms with Crippen LogP contribution in [0.1, 0.15) is 31.4 Å². The topological polar surface area (TPSA) is 86.8 Å². The lowest BCUT2D eigenvalue weighted by Gasteiger charge is -2.31. The summed E-state index contributed by atoms with van der Waals surface area (Å²) < 4.78 is 26.1. The molecule has 1 N–H and O–H groups in total. The van der Waals surface area contributed by atoms with Crippen LogP contribution in [-0.4, -0.2) is 50.5 Å². The number of nitrogens with one attached hydrogen (secondary N) is 1. The maximum Gasteiger partial charge on any atom is 0.244 e. The summed E-state index contributed by atoms with van der Waals surface area (Å²) >= 11 is 6.09. The van der Waals surface area contributed by atoms with Crippen molar-refractivity contribution in [2.24, 2.45) is 0 Å². The Labute approximate surface area is 195 Å². The van der Waals surface area contributed by atoms with Gasteiger partial charge in [0.1, 0.15) is 12.6 Å². The summed E-state index contributed by atoms with van der Waals surface area (Å²) in [5, 5.41) is 3.31. The van der Waals surface area contributed by atoms with Crippen LogP contribution in [0.25, 0.3) is 0 Å². The van der Waals surface area contributed by atoms with Crippen LogP contribution < -0.4 is 9.62 Å². The summed E-state index contributed by atoms with van der Waals surface area (Å²) in [5.74, 6) is -0.792.